The van der Waals surface area contributed by atoms with E-state index in [2.05, 4.69) is 5.32 Å². The molecular weight excluding hydrogens is 320 g/mol. The fraction of sp³-hybridized carbons (Fsp3) is 0.133. The third-order valence-corrected chi connectivity index (χ3v) is 3.95. The minimum atomic E-state index is -3.84. The Morgan fingerprint density at radius 1 is 1.04 bits per heavy atom. The Morgan fingerprint density at radius 2 is 1.65 bits per heavy atom. The second-order valence-corrected chi connectivity index (χ2v) is 6.19. The highest BCUT2D eigenvalue weighted by molar-refractivity contribution is 7.89. The Balaban J connectivity index is 2.29. The second-order valence-electron chi connectivity index (χ2n) is 4.63. The van der Waals surface area contributed by atoms with Gasteiger partial charge in [-0.05, 0) is 30.3 Å². The summed E-state index contributed by atoms with van der Waals surface area (Å²) < 4.78 is 32.9. The molecule has 2 rings (SSSR count). The molecule has 0 spiro atoms. The number of nitrogens with two attached hydrogens (primary N) is 1. The van der Waals surface area contributed by atoms with E-state index in [1.54, 1.807) is 24.3 Å². The summed E-state index contributed by atoms with van der Waals surface area (Å²) in [6.45, 7) is 0. The fourth-order valence-electron chi connectivity index (χ4n) is 1.89. The van der Waals surface area contributed by atoms with Crippen molar-refractivity contribution < 1.29 is 22.7 Å². The van der Waals surface area contributed by atoms with Gasteiger partial charge in [-0.15, -0.1) is 0 Å². The largest absolute Gasteiger partial charge is 0.497 e. The molecule has 0 radical (unpaired) electrons. The maximum Gasteiger partial charge on any atom is 0.255 e. The Kier molecular flexibility index (Phi) is 4.87. The maximum absolute atomic E-state index is 12.3. The van der Waals surface area contributed by atoms with Crippen LogP contribution in [-0.2, 0) is 10.0 Å². The van der Waals surface area contributed by atoms with Gasteiger partial charge >= 0.3 is 0 Å². The van der Waals surface area contributed by atoms with Gasteiger partial charge in [0.25, 0.3) is 5.91 Å². The molecule has 2 aromatic rings. The van der Waals surface area contributed by atoms with Crippen molar-refractivity contribution in [3.63, 3.8) is 0 Å². The number of carbonyl (C=O) groups excluding carboxylic acids is 1. The smallest absolute Gasteiger partial charge is 0.255 e. The number of hydrogen-bond donors (Lipinski definition) is 2. The SMILES string of the molecule is COc1cc(OC)cc(C(=O)Nc2cccc(S(N)(=O)=O)c2)c1. The van der Waals surface area contributed by atoms with Crippen molar-refractivity contribution in [3.05, 3.63) is 48.0 Å². The predicted octanol–water partition coefficient (Wildman–Crippen LogP) is 1.60. The van der Waals surface area contributed by atoms with E-state index in [1.807, 2.05) is 0 Å². The number of primary sulfonamides is 1. The van der Waals surface area contributed by atoms with Gasteiger partial charge in [0.15, 0.2) is 0 Å². The van der Waals surface area contributed by atoms with Gasteiger partial charge in [0, 0.05) is 17.3 Å². The summed E-state index contributed by atoms with van der Waals surface area (Å²) in [6.07, 6.45) is 0. The van der Waals surface area contributed by atoms with Gasteiger partial charge in [-0.3, -0.25) is 4.79 Å². The van der Waals surface area contributed by atoms with Gasteiger partial charge in [-0.1, -0.05) is 6.07 Å². The first-order valence-corrected chi connectivity index (χ1v) is 8.05. The molecule has 0 fully saturated rings. The zero-order valence-electron chi connectivity index (χ0n) is 12.6. The van der Waals surface area contributed by atoms with Crippen molar-refractivity contribution in [1.29, 1.82) is 0 Å². The minimum Gasteiger partial charge on any atom is -0.497 e. The summed E-state index contributed by atoms with van der Waals surface area (Å²) in [6, 6.07) is 10.4. The number of hydrogen-bond acceptors (Lipinski definition) is 5. The molecule has 0 aliphatic heterocycles. The average molecular weight is 336 g/mol. The Labute approximate surface area is 134 Å². The van der Waals surface area contributed by atoms with Crippen LogP contribution in [0.3, 0.4) is 0 Å². The quantitative estimate of drug-likeness (QED) is 0.862. The van der Waals surface area contributed by atoms with Crippen LogP contribution in [0.15, 0.2) is 47.4 Å². The first-order valence-electron chi connectivity index (χ1n) is 6.51. The number of sulfonamides is 1. The molecule has 0 bridgehead atoms. The van der Waals surface area contributed by atoms with Gasteiger partial charge < -0.3 is 14.8 Å². The van der Waals surface area contributed by atoms with Crippen LogP contribution in [0.4, 0.5) is 5.69 Å². The van der Waals surface area contributed by atoms with E-state index in [1.165, 1.54) is 32.4 Å². The molecular formula is C15H16N2O5S. The summed E-state index contributed by atoms with van der Waals surface area (Å²) >= 11 is 0. The molecule has 0 aromatic heterocycles. The number of amides is 1. The molecule has 0 unspecified atom stereocenters. The lowest BCUT2D eigenvalue weighted by molar-refractivity contribution is 0.102. The first kappa shape index (κ1) is 16.8. The minimum absolute atomic E-state index is 0.0847. The van der Waals surface area contributed by atoms with E-state index >= 15 is 0 Å². The normalized spacial score (nSPS) is 10.9. The van der Waals surface area contributed by atoms with E-state index in [-0.39, 0.29) is 4.90 Å². The number of nitrogens with one attached hydrogen (secondary N) is 1. The van der Waals surface area contributed by atoms with E-state index in [9.17, 15) is 13.2 Å². The van der Waals surface area contributed by atoms with Gasteiger partial charge in [0.05, 0.1) is 19.1 Å². The van der Waals surface area contributed by atoms with E-state index in [4.69, 9.17) is 14.6 Å². The van der Waals surface area contributed by atoms with Gasteiger partial charge in [0.2, 0.25) is 10.0 Å². The molecule has 0 saturated carbocycles. The van der Waals surface area contributed by atoms with Crippen LogP contribution in [0.5, 0.6) is 11.5 Å². The van der Waals surface area contributed by atoms with Gasteiger partial charge in [0.1, 0.15) is 11.5 Å². The number of rotatable bonds is 5. The molecule has 8 heteroatoms. The third kappa shape index (κ3) is 4.21. The highest BCUT2D eigenvalue weighted by Gasteiger charge is 2.12. The lowest BCUT2D eigenvalue weighted by Gasteiger charge is -2.10. The van der Waals surface area contributed by atoms with Crippen LogP contribution < -0.4 is 19.9 Å². The molecule has 2 aromatic carbocycles. The number of ether oxygens (including phenoxy) is 2. The molecule has 122 valence electrons. The zero-order valence-corrected chi connectivity index (χ0v) is 13.4. The van der Waals surface area contributed by atoms with Crippen LogP contribution in [0.1, 0.15) is 10.4 Å². The second kappa shape index (κ2) is 6.67. The van der Waals surface area contributed by atoms with Crippen molar-refractivity contribution in [2.45, 2.75) is 4.90 Å². The zero-order chi connectivity index (χ0) is 17.0. The molecule has 1 amide bonds. The van der Waals surface area contributed by atoms with Gasteiger partial charge in [-0.25, -0.2) is 13.6 Å². The lowest BCUT2D eigenvalue weighted by atomic mass is 10.2. The van der Waals surface area contributed by atoms with Gasteiger partial charge in [-0.2, -0.15) is 0 Å². The van der Waals surface area contributed by atoms with Crippen molar-refractivity contribution in [2.24, 2.45) is 5.14 Å². The molecule has 0 aliphatic carbocycles. The molecule has 23 heavy (non-hydrogen) atoms. The molecule has 3 N–H and O–H groups in total. The molecule has 0 heterocycles. The van der Waals surface area contributed by atoms with Crippen LogP contribution in [0, 0.1) is 0 Å². The lowest BCUT2D eigenvalue weighted by Crippen LogP contribution is -2.15. The Morgan fingerprint density at radius 3 is 2.17 bits per heavy atom. The van der Waals surface area contributed by atoms with E-state index < -0.39 is 15.9 Å². The molecule has 0 saturated heterocycles. The van der Waals surface area contributed by atoms with Crippen LogP contribution in [0.25, 0.3) is 0 Å². The van der Waals surface area contributed by atoms with Crippen LogP contribution in [-0.4, -0.2) is 28.5 Å². The van der Waals surface area contributed by atoms with Crippen LogP contribution >= 0.6 is 0 Å². The number of carbonyl (C=O) groups is 1. The molecule has 7 nitrogen and oxygen atoms in total. The van der Waals surface area contributed by atoms with Crippen molar-refractivity contribution in [2.75, 3.05) is 19.5 Å². The number of benzene rings is 2. The summed E-state index contributed by atoms with van der Waals surface area (Å²) in [5.41, 5.74) is 0.616. The van der Waals surface area contributed by atoms with Crippen molar-refractivity contribution >= 4 is 21.6 Å². The maximum atomic E-state index is 12.3. The standard InChI is InChI=1S/C15H16N2O5S/c1-21-12-6-10(7-13(9-12)22-2)15(18)17-11-4-3-5-14(8-11)23(16,19)20/h3-9H,1-2H3,(H,17,18)(H2,16,19,20). The Hall–Kier alpha value is -2.58. The molecule has 0 aliphatic rings. The van der Waals surface area contributed by atoms with E-state index in [0.717, 1.165) is 0 Å². The monoisotopic (exact) mass is 336 g/mol. The number of methoxy groups -OCH3 is 2. The summed E-state index contributed by atoms with van der Waals surface area (Å²) in [5, 5.41) is 7.67. The average Bonchev–Trinajstić information content (AvgIpc) is 2.53. The Bertz CT molecular complexity index is 811. The van der Waals surface area contributed by atoms with Crippen LogP contribution in [0.2, 0.25) is 0 Å². The first-order chi connectivity index (χ1) is 10.8. The predicted molar refractivity (Wildman–Crippen MR) is 85.3 cm³/mol. The van der Waals surface area contributed by atoms with E-state index in [0.29, 0.717) is 22.7 Å². The fourth-order valence-corrected chi connectivity index (χ4v) is 2.45. The highest BCUT2D eigenvalue weighted by atomic mass is 32.2. The summed E-state index contributed by atoms with van der Waals surface area (Å²) in [7, 11) is -0.882. The summed E-state index contributed by atoms with van der Waals surface area (Å²) in [5.74, 6) is 0.495. The number of anilines is 1. The van der Waals surface area contributed by atoms with Crippen molar-refractivity contribution in [3.8, 4) is 11.5 Å². The summed E-state index contributed by atoms with van der Waals surface area (Å²) in [4.78, 5) is 12.2. The van der Waals surface area contributed by atoms with Crippen molar-refractivity contribution in [1.82, 2.24) is 0 Å². The third-order valence-electron chi connectivity index (χ3n) is 3.03. The molecule has 0 atom stereocenters. The highest BCUT2D eigenvalue weighted by Crippen LogP contribution is 2.23. The topological polar surface area (TPSA) is 108 Å².